The van der Waals surface area contributed by atoms with Crippen LogP contribution in [0.3, 0.4) is 0 Å². The molecule has 4 bridgehead atoms. The van der Waals surface area contributed by atoms with E-state index in [1.54, 1.807) is 0 Å². The highest BCUT2D eigenvalue weighted by atomic mass is 16.4. The molecule has 4 rings (SSSR count). The molecular weight excluding hydrogens is 204 g/mol. The highest BCUT2D eigenvalue weighted by Crippen LogP contribution is 2.61. The maximum Gasteiger partial charge on any atom is 0.332 e. The Morgan fingerprint density at radius 3 is 1.94 bits per heavy atom. The molecule has 3 heteroatoms. The largest absolute Gasteiger partial charge is 0.479 e. The number of aliphatic hydroxyl groups excluding tert-OH is 1. The molecule has 1 unspecified atom stereocenters. The zero-order valence-corrected chi connectivity index (χ0v) is 9.56. The molecule has 0 aromatic rings. The van der Waals surface area contributed by atoms with Crippen molar-refractivity contribution in [2.75, 3.05) is 0 Å². The third-order valence-corrected chi connectivity index (χ3v) is 5.08. The molecule has 3 nitrogen and oxygen atoms in total. The van der Waals surface area contributed by atoms with Gasteiger partial charge in [0.2, 0.25) is 0 Å². The number of carboxylic acids is 1. The highest BCUT2D eigenvalue weighted by molar-refractivity contribution is 5.71. The second-order valence-corrected chi connectivity index (χ2v) is 6.48. The van der Waals surface area contributed by atoms with Gasteiger partial charge < -0.3 is 10.2 Å². The van der Waals surface area contributed by atoms with Crippen LogP contribution in [0.2, 0.25) is 0 Å². The first-order chi connectivity index (χ1) is 7.56. The van der Waals surface area contributed by atoms with Gasteiger partial charge in [0.25, 0.3) is 0 Å². The van der Waals surface area contributed by atoms with Gasteiger partial charge in [-0.25, -0.2) is 4.79 Å². The summed E-state index contributed by atoms with van der Waals surface area (Å²) in [6, 6.07) is 0. The van der Waals surface area contributed by atoms with Crippen LogP contribution in [-0.2, 0) is 4.79 Å². The van der Waals surface area contributed by atoms with Crippen LogP contribution in [0.1, 0.15) is 44.9 Å². The summed E-state index contributed by atoms with van der Waals surface area (Å²) in [6.07, 6.45) is 6.95. The Morgan fingerprint density at radius 1 is 1.12 bits per heavy atom. The minimum atomic E-state index is -1.14. The maximum absolute atomic E-state index is 10.8. The average Bonchev–Trinajstić information content (AvgIpc) is 2.13. The van der Waals surface area contributed by atoms with Crippen molar-refractivity contribution in [3.63, 3.8) is 0 Å². The fourth-order valence-electron chi connectivity index (χ4n) is 5.04. The van der Waals surface area contributed by atoms with E-state index in [1.165, 1.54) is 38.5 Å². The van der Waals surface area contributed by atoms with Crippen molar-refractivity contribution < 1.29 is 15.0 Å². The predicted molar refractivity (Wildman–Crippen MR) is 58.9 cm³/mol. The van der Waals surface area contributed by atoms with Crippen LogP contribution >= 0.6 is 0 Å². The monoisotopic (exact) mass is 224 g/mol. The summed E-state index contributed by atoms with van der Waals surface area (Å²) in [6.45, 7) is 0. The quantitative estimate of drug-likeness (QED) is 0.771. The van der Waals surface area contributed by atoms with Crippen molar-refractivity contribution in [2.24, 2.45) is 23.2 Å². The van der Waals surface area contributed by atoms with E-state index < -0.39 is 12.1 Å². The van der Waals surface area contributed by atoms with E-state index >= 15 is 0 Å². The molecule has 0 aromatic carbocycles. The fourth-order valence-corrected chi connectivity index (χ4v) is 5.04. The molecule has 90 valence electrons. The van der Waals surface area contributed by atoms with Crippen LogP contribution in [0.15, 0.2) is 0 Å². The molecule has 16 heavy (non-hydrogen) atoms. The van der Waals surface area contributed by atoms with Gasteiger partial charge in [-0.2, -0.15) is 0 Å². The van der Waals surface area contributed by atoms with Crippen LogP contribution in [0.4, 0.5) is 0 Å². The Bertz CT molecular complexity index is 275. The minimum Gasteiger partial charge on any atom is -0.479 e. The van der Waals surface area contributed by atoms with E-state index in [2.05, 4.69) is 0 Å². The van der Waals surface area contributed by atoms with Gasteiger partial charge in [-0.3, -0.25) is 0 Å². The Labute approximate surface area is 95.9 Å². The standard InChI is InChI=1S/C13H20O3/c14-11(12(15)16)7-13-4-8-1-9(5-13)3-10(2-8)6-13/h8-11,14H,1-7H2,(H,15,16). The third-order valence-electron chi connectivity index (χ3n) is 5.08. The van der Waals surface area contributed by atoms with Gasteiger partial charge in [-0.05, 0) is 68.1 Å². The van der Waals surface area contributed by atoms with E-state index in [9.17, 15) is 9.90 Å². The number of carboxylic acid groups (broad SMARTS) is 1. The first kappa shape index (κ1) is 10.6. The van der Waals surface area contributed by atoms with E-state index in [0.717, 1.165) is 17.8 Å². The number of aliphatic carboxylic acids is 1. The van der Waals surface area contributed by atoms with Crippen molar-refractivity contribution in [3.8, 4) is 0 Å². The van der Waals surface area contributed by atoms with Gasteiger partial charge in [-0.1, -0.05) is 0 Å². The smallest absolute Gasteiger partial charge is 0.332 e. The van der Waals surface area contributed by atoms with E-state index in [4.69, 9.17) is 5.11 Å². The number of hydrogen-bond acceptors (Lipinski definition) is 2. The molecule has 0 aliphatic heterocycles. The summed E-state index contributed by atoms with van der Waals surface area (Å²) < 4.78 is 0. The fraction of sp³-hybridized carbons (Fsp3) is 0.923. The summed E-state index contributed by atoms with van der Waals surface area (Å²) in [4.78, 5) is 10.8. The van der Waals surface area contributed by atoms with Crippen LogP contribution in [0.25, 0.3) is 0 Å². The van der Waals surface area contributed by atoms with Crippen molar-refractivity contribution in [2.45, 2.75) is 51.0 Å². The lowest BCUT2D eigenvalue weighted by Crippen LogP contribution is -2.48. The van der Waals surface area contributed by atoms with Crippen molar-refractivity contribution >= 4 is 5.97 Å². The topological polar surface area (TPSA) is 57.5 Å². The Morgan fingerprint density at radius 2 is 1.56 bits per heavy atom. The van der Waals surface area contributed by atoms with Gasteiger partial charge in [0.05, 0.1) is 0 Å². The molecule has 4 aliphatic carbocycles. The van der Waals surface area contributed by atoms with Crippen molar-refractivity contribution in [1.82, 2.24) is 0 Å². The second kappa shape index (κ2) is 3.46. The maximum atomic E-state index is 10.8. The number of aliphatic hydroxyl groups is 1. The Balaban J connectivity index is 1.76. The summed E-state index contributed by atoms with van der Waals surface area (Å²) in [7, 11) is 0. The van der Waals surface area contributed by atoms with Gasteiger partial charge in [0, 0.05) is 0 Å². The first-order valence-corrected chi connectivity index (χ1v) is 6.47. The molecule has 4 fully saturated rings. The van der Waals surface area contributed by atoms with Crippen LogP contribution in [0.5, 0.6) is 0 Å². The van der Waals surface area contributed by atoms with Crippen LogP contribution in [-0.4, -0.2) is 22.3 Å². The summed E-state index contributed by atoms with van der Waals surface area (Å²) >= 11 is 0. The lowest BCUT2D eigenvalue weighted by Gasteiger charge is -2.57. The van der Waals surface area contributed by atoms with Crippen molar-refractivity contribution in [3.05, 3.63) is 0 Å². The third kappa shape index (κ3) is 1.65. The van der Waals surface area contributed by atoms with E-state index in [0.29, 0.717) is 6.42 Å². The number of rotatable bonds is 3. The lowest BCUT2D eigenvalue weighted by atomic mass is 9.48. The molecule has 4 saturated carbocycles. The van der Waals surface area contributed by atoms with Gasteiger partial charge in [0.15, 0.2) is 6.10 Å². The van der Waals surface area contributed by atoms with Crippen molar-refractivity contribution in [1.29, 1.82) is 0 Å². The highest BCUT2D eigenvalue weighted by Gasteiger charge is 2.51. The predicted octanol–water partition coefficient (Wildman–Crippen LogP) is 2.04. The average molecular weight is 224 g/mol. The van der Waals surface area contributed by atoms with Gasteiger partial charge in [0.1, 0.15) is 0 Å². The normalized spacial score (nSPS) is 46.9. The zero-order valence-electron chi connectivity index (χ0n) is 9.56. The molecule has 4 aliphatic rings. The molecule has 0 saturated heterocycles. The molecule has 2 N–H and O–H groups in total. The van der Waals surface area contributed by atoms with Gasteiger partial charge >= 0.3 is 5.97 Å². The minimum absolute atomic E-state index is 0.173. The SMILES string of the molecule is O=C(O)C(O)CC12CC3CC(CC(C3)C1)C2. The summed E-state index contributed by atoms with van der Waals surface area (Å²) in [5.41, 5.74) is 0.173. The molecule has 0 aromatic heterocycles. The molecule has 0 heterocycles. The summed E-state index contributed by atoms with van der Waals surface area (Å²) in [5, 5.41) is 18.4. The lowest BCUT2D eigenvalue weighted by molar-refractivity contribution is -0.152. The molecule has 0 spiro atoms. The number of carbonyl (C=O) groups is 1. The van der Waals surface area contributed by atoms with E-state index in [-0.39, 0.29) is 5.41 Å². The van der Waals surface area contributed by atoms with Crippen LogP contribution in [0, 0.1) is 23.2 Å². The Hall–Kier alpha value is -0.570. The van der Waals surface area contributed by atoms with Crippen LogP contribution < -0.4 is 0 Å². The van der Waals surface area contributed by atoms with E-state index in [1.807, 2.05) is 0 Å². The molecule has 1 atom stereocenters. The summed E-state index contributed by atoms with van der Waals surface area (Å²) in [5.74, 6) is 1.43. The van der Waals surface area contributed by atoms with Gasteiger partial charge in [-0.15, -0.1) is 0 Å². The number of hydrogen-bond donors (Lipinski definition) is 2. The molecule has 0 radical (unpaired) electrons. The second-order valence-electron chi connectivity index (χ2n) is 6.48. The molecular formula is C13H20O3. The Kier molecular flexibility index (Phi) is 2.29. The molecule has 0 amide bonds. The zero-order chi connectivity index (χ0) is 11.3. The first-order valence-electron chi connectivity index (χ1n) is 6.47.